The van der Waals surface area contributed by atoms with Gasteiger partial charge in [0.05, 0.1) is 0 Å². The summed E-state index contributed by atoms with van der Waals surface area (Å²) in [6.07, 6.45) is -5.43. The van der Waals surface area contributed by atoms with E-state index in [9.17, 15) is 40.3 Å². The summed E-state index contributed by atoms with van der Waals surface area (Å²) in [5.74, 6) is -11.5. The molecule has 1 atom stereocenters. The van der Waals surface area contributed by atoms with Gasteiger partial charge in [-0.15, -0.1) is 11.8 Å². The van der Waals surface area contributed by atoms with Crippen LogP contribution < -0.4 is 10.6 Å². The van der Waals surface area contributed by atoms with Gasteiger partial charge in [0.1, 0.15) is 16.5 Å². The number of rotatable bonds is 7. The lowest BCUT2D eigenvalue weighted by Gasteiger charge is -2.19. The number of anilines is 2. The maximum atomic E-state index is 14.4. The second kappa shape index (κ2) is 11.7. The zero-order chi connectivity index (χ0) is 29.1. The van der Waals surface area contributed by atoms with Crippen molar-refractivity contribution in [3.05, 3.63) is 89.0 Å². The standard InChI is InChI=1S/C27H23F7N2O2S/c1-26(2,3)13-17(37)35-15-9-11-16(12-10-15)39-24(14-7-5-4-6-8-14)25(38)36-23-21(30)19(28)18(27(32,33)34)20(29)22(23)31/h4-12,24H,13H2,1-3H3,(H,35,37)(H,36,38). The van der Waals surface area contributed by atoms with Crippen molar-refractivity contribution < 1.29 is 40.3 Å². The van der Waals surface area contributed by atoms with Gasteiger partial charge < -0.3 is 10.6 Å². The Labute approximate surface area is 224 Å². The summed E-state index contributed by atoms with van der Waals surface area (Å²) in [7, 11) is 0. The van der Waals surface area contributed by atoms with Crippen LogP contribution in [0.4, 0.5) is 42.1 Å². The fourth-order valence-electron chi connectivity index (χ4n) is 3.52. The van der Waals surface area contributed by atoms with Gasteiger partial charge in [0, 0.05) is 17.0 Å². The highest BCUT2D eigenvalue weighted by molar-refractivity contribution is 8.00. The SMILES string of the molecule is CC(C)(C)CC(=O)Nc1ccc(SC(C(=O)Nc2c(F)c(F)c(C(F)(F)F)c(F)c2F)c2ccccc2)cc1. The second-order valence-electron chi connectivity index (χ2n) is 9.71. The van der Waals surface area contributed by atoms with E-state index >= 15 is 0 Å². The first kappa shape index (κ1) is 30.0. The van der Waals surface area contributed by atoms with Crippen LogP contribution in [0.15, 0.2) is 59.5 Å². The number of carbonyl (C=O) groups excluding carboxylic acids is 2. The van der Waals surface area contributed by atoms with Crippen molar-refractivity contribution in [1.29, 1.82) is 0 Å². The Morgan fingerprint density at radius 2 is 1.33 bits per heavy atom. The average Bonchev–Trinajstić information content (AvgIpc) is 2.83. The highest BCUT2D eigenvalue weighted by Gasteiger charge is 2.42. The van der Waals surface area contributed by atoms with Gasteiger partial charge in [-0.25, -0.2) is 17.6 Å². The largest absolute Gasteiger partial charge is 0.422 e. The minimum absolute atomic E-state index is 0.204. The van der Waals surface area contributed by atoms with Gasteiger partial charge in [-0.1, -0.05) is 51.1 Å². The van der Waals surface area contributed by atoms with E-state index in [-0.39, 0.29) is 17.7 Å². The van der Waals surface area contributed by atoms with Gasteiger partial charge in [0.15, 0.2) is 23.3 Å². The Bertz CT molecular complexity index is 1330. The molecule has 4 nitrogen and oxygen atoms in total. The lowest BCUT2D eigenvalue weighted by atomic mass is 9.92. The van der Waals surface area contributed by atoms with Gasteiger partial charge >= 0.3 is 6.18 Å². The lowest BCUT2D eigenvalue weighted by molar-refractivity contribution is -0.143. The predicted molar refractivity (Wildman–Crippen MR) is 134 cm³/mol. The fraction of sp³-hybridized carbons (Fsp3) is 0.259. The monoisotopic (exact) mass is 572 g/mol. The number of halogens is 7. The molecular weight excluding hydrogens is 549 g/mol. The first-order chi connectivity index (χ1) is 18.1. The van der Waals surface area contributed by atoms with Crippen molar-refractivity contribution in [2.75, 3.05) is 10.6 Å². The summed E-state index contributed by atoms with van der Waals surface area (Å²) in [5.41, 5.74) is -3.83. The van der Waals surface area contributed by atoms with E-state index in [4.69, 9.17) is 0 Å². The summed E-state index contributed by atoms with van der Waals surface area (Å²) in [5, 5.41) is 3.21. The topological polar surface area (TPSA) is 58.2 Å². The quantitative estimate of drug-likeness (QED) is 0.171. The Balaban J connectivity index is 1.88. The first-order valence-corrected chi connectivity index (χ1v) is 12.3. The Morgan fingerprint density at radius 1 is 0.795 bits per heavy atom. The molecule has 3 rings (SSSR count). The fourth-order valence-corrected chi connectivity index (χ4v) is 4.54. The molecule has 0 heterocycles. The number of amides is 2. The molecule has 12 heteroatoms. The van der Waals surface area contributed by atoms with Gasteiger partial charge in [-0.3, -0.25) is 9.59 Å². The van der Waals surface area contributed by atoms with E-state index in [0.717, 1.165) is 11.8 Å². The summed E-state index contributed by atoms with van der Waals surface area (Å²) >= 11 is 0.897. The minimum atomic E-state index is -5.71. The van der Waals surface area contributed by atoms with Crippen LogP contribution >= 0.6 is 11.8 Å². The average molecular weight is 573 g/mol. The third-order valence-corrected chi connectivity index (χ3v) is 6.48. The molecule has 0 saturated carbocycles. The van der Waals surface area contributed by atoms with Crippen molar-refractivity contribution in [3.8, 4) is 0 Å². The molecule has 0 aliphatic carbocycles. The zero-order valence-corrected chi connectivity index (χ0v) is 21.7. The van der Waals surface area contributed by atoms with Crippen molar-refractivity contribution in [2.24, 2.45) is 5.41 Å². The van der Waals surface area contributed by atoms with Gasteiger partial charge in [0.25, 0.3) is 0 Å². The summed E-state index contributed by atoms with van der Waals surface area (Å²) in [6, 6.07) is 14.1. The smallest absolute Gasteiger partial charge is 0.326 e. The van der Waals surface area contributed by atoms with Crippen LogP contribution in [0.25, 0.3) is 0 Å². The molecule has 0 aromatic heterocycles. The van der Waals surface area contributed by atoms with Crippen LogP contribution in [-0.4, -0.2) is 11.8 Å². The van der Waals surface area contributed by atoms with Crippen LogP contribution in [0.3, 0.4) is 0 Å². The van der Waals surface area contributed by atoms with E-state index < -0.39 is 51.9 Å². The molecule has 1 unspecified atom stereocenters. The van der Waals surface area contributed by atoms with E-state index in [1.165, 1.54) is 12.1 Å². The zero-order valence-electron chi connectivity index (χ0n) is 20.9. The predicted octanol–water partition coefficient (Wildman–Crippen LogP) is 8.11. The maximum Gasteiger partial charge on any atom is 0.422 e. The Hall–Kier alpha value is -3.54. The summed E-state index contributed by atoms with van der Waals surface area (Å²) in [6.45, 7) is 5.73. The summed E-state index contributed by atoms with van der Waals surface area (Å²) < 4.78 is 95.6. The van der Waals surface area contributed by atoms with E-state index in [0.29, 0.717) is 16.1 Å². The molecule has 3 aromatic carbocycles. The second-order valence-corrected chi connectivity index (χ2v) is 10.9. The van der Waals surface area contributed by atoms with Crippen molar-refractivity contribution in [2.45, 2.75) is 43.5 Å². The molecule has 208 valence electrons. The third kappa shape index (κ3) is 7.53. The molecule has 0 radical (unpaired) electrons. The van der Waals surface area contributed by atoms with Crippen LogP contribution in [0.5, 0.6) is 0 Å². The molecule has 0 aliphatic heterocycles. The first-order valence-electron chi connectivity index (χ1n) is 11.4. The van der Waals surface area contributed by atoms with E-state index in [1.54, 1.807) is 47.8 Å². The van der Waals surface area contributed by atoms with E-state index in [1.807, 2.05) is 20.8 Å². The highest BCUT2D eigenvalue weighted by Crippen LogP contribution is 2.40. The number of nitrogens with one attached hydrogen (secondary N) is 2. The Morgan fingerprint density at radius 3 is 1.82 bits per heavy atom. The Kier molecular flexibility index (Phi) is 8.99. The van der Waals surface area contributed by atoms with Gasteiger partial charge in [-0.2, -0.15) is 13.2 Å². The number of hydrogen-bond donors (Lipinski definition) is 2. The number of carbonyl (C=O) groups is 2. The molecule has 3 aromatic rings. The lowest BCUT2D eigenvalue weighted by Crippen LogP contribution is -2.23. The molecular formula is C27H23F7N2O2S. The van der Waals surface area contributed by atoms with Crippen LogP contribution in [0.1, 0.15) is 43.6 Å². The molecule has 0 saturated heterocycles. The molecule has 2 N–H and O–H groups in total. The number of alkyl halides is 3. The van der Waals surface area contributed by atoms with Crippen LogP contribution in [-0.2, 0) is 15.8 Å². The highest BCUT2D eigenvalue weighted by atomic mass is 32.2. The molecule has 0 aliphatic rings. The maximum absolute atomic E-state index is 14.4. The van der Waals surface area contributed by atoms with Gasteiger partial charge in [-0.05, 0) is 35.2 Å². The summed E-state index contributed by atoms with van der Waals surface area (Å²) in [4.78, 5) is 25.7. The normalized spacial score (nSPS) is 12.7. The van der Waals surface area contributed by atoms with Gasteiger partial charge in [0.2, 0.25) is 11.8 Å². The number of benzene rings is 3. The van der Waals surface area contributed by atoms with Crippen LogP contribution in [0, 0.1) is 28.7 Å². The third-order valence-electron chi connectivity index (χ3n) is 5.22. The molecule has 0 bridgehead atoms. The number of thioether (sulfide) groups is 1. The molecule has 2 amide bonds. The minimum Gasteiger partial charge on any atom is -0.326 e. The molecule has 0 spiro atoms. The van der Waals surface area contributed by atoms with Crippen molar-refractivity contribution in [1.82, 2.24) is 0 Å². The van der Waals surface area contributed by atoms with E-state index in [2.05, 4.69) is 5.32 Å². The molecule has 39 heavy (non-hydrogen) atoms. The van der Waals surface area contributed by atoms with Crippen molar-refractivity contribution in [3.63, 3.8) is 0 Å². The molecule has 0 fully saturated rings. The van der Waals surface area contributed by atoms with Crippen LogP contribution in [0.2, 0.25) is 0 Å². The number of hydrogen-bond acceptors (Lipinski definition) is 3. The van der Waals surface area contributed by atoms with Crippen molar-refractivity contribution >= 4 is 35.0 Å².